The SMILES string of the molecule is C#Cc1c(F)ccc2cc(O)cc(-c3c(Cl)c4c5c(nc(OC[C@@]67CCCN6C[C@H](F)C7)nc5c3F)N3CC5CCC(N5)C3CO4)c12. The number of piperazine rings is 1. The summed E-state index contributed by atoms with van der Waals surface area (Å²) >= 11 is 7.08. The van der Waals surface area contributed by atoms with Gasteiger partial charge in [-0.2, -0.15) is 9.97 Å². The van der Waals surface area contributed by atoms with Crippen molar-refractivity contribution in [2.45, 2.75) is 61.9 Å². The molecule has 0 radical (unpaired) electrons. The fraction of sp³-hybridized carbons (Fsp3) is 0.429. The fourth-order valence-corrected chi connectivity index (χ4v) is 9.13. The zero-order chi connectivity index (χ0) is 32.2. The van der Waals surface area contributed by atoms with Gasteiger partial charge >= 0.3 is 6.01 Å². The minimum absolute atomic E-state index is 0.0307. The molecule has 0 aliphatic carbocycles. The summed E-state index contributed by atoms with van der Waals surface area (Å²) in [6.07, 6.45) is 8.86. The molecular formula is C35H31ClF3N5O3. The summed E-state index contributed by atoms with van der Waals surface area (Å²) < 4.78 is 59.5. The maximum absolute atomic E-state index is 17.2. The lowest BCUT2D eigenvalue weighted by atomic mass is 9.92. The van der Waals surface area contributed by atoms with Crippen LogP contribution in [0.1, 0.15) is 37.7 Å². The van der Waals surface area contributed by atoms with Crippen molar-refractivity contribution in [2.75, 3.05) is 37.7 Å². The number of aromatic nitrogens is 2. The topological polar surface area (TPSA) is 83.0 Å². The van der Waals surface area contributed by atoms with Gasteiger partial charge in [-0.05, 0) is 61.4 Å². The number of hydrogen-bond donors (Lipinski definition) is 2. The van der Waals surface area contributed by atoms with Crippen LogP contribution in [-0.2, 0) is 0 Å². The summed E-state index contributed by atoms with van der Waals surface area (Å²) in [4.78, 5) is 13.8. The van der Waals surface area contributed by atoms with E-state index in [2.05, 4.69) is 26.0 Å². The van der Waals surface area contributed by atoms with Crippen LogP contribution in [-0.4, -0.2) is 82.7 Å². The Kier molecular flexibility index (Phi) is 6.53. The average molecular weight is 662 g/mol. The number of nitrogens with one attached hydrogen (secondary N) is 1. The van der Waals surface area contributed by atoms with Crippen LogP contribution in [0.5, 0.6) is 17.5 Å². The van der Waals surface area contributed by atoms with Crippen LogP contribution in [0.4, 0.5) is 19.0 Å². The molecule has 9 rings (SSSR count). The Labute approximate surface area is 273 Å². The molecule has 0 amide bonds. The fourth-order valence-electron chi connectivity index (χ4n) is 8.80. The molecule has 4 fully saturated rings. The highest BCUT2D eigenvalue weighted by atomic mass is 35.5. The van der Waals surface area contributed by atoms with Crippen LogP contribution in [0.25, 0.3) is 32.8 Å². The quantitative estimate of drug-likeness (QED) is 0.269. The molecule has 0 saturated carbocycles. The highest BCUT2D eigenvalue weighted by molar-refractivity contribution is 6.37. The molecule has 5 aliphatic rings. The van der Waals surface area contributed by atoms with Crippen molar-refractivity contribution in [3.05, 3.63) is 46.5 Å². The normalized spacial score (nSPS) is 27.9. The number of rotatable bonds is 4. The Balaban J connectivity index is 1.27. The molecule has 5 aliphatic heterocycles. The molecule has 3 unspecified atom stereocenters. The number of phenols is 1. The Bertz CT molecular complexity index is 2040. The maximum Gasteiger partial charge on any atom is 0.319 e. The van der Waals surface area contributed by atoms with Crippen molar-refractivity contribution in [3.8, 4) is 41.0 Å². The molecule has 0 spiro atoms. The lowest BCUT2D eigenvalue weighted by molar-refractivity contribution is 0.107. The number of benzene rings is 3. The number of alkyl halides is 1. The molecule has 1 aromatic heterocycles. The van der Waals surface area contributed by atoms with Crippen LogP contribution in [0, 0.1) is 24.0 Å². The summed E-state index contributed by atoms with van der Waals surface area (Å²) in [5.41, 5.74) is -0.672. The second-order valence-electron chi connectivity index (χ2n) is 13.5. The lowest BCUT2D eigenvalue weighted by Gasteiger charge is -2.40. The minimum atomic E-state index is -0.935. The van der Waals surface area contributed by atoms with Crippen LogP contribution in [0.2, 0.25) is 5.02 Å². The summed E-state index contributed by atoms with van der Waals surface area (Å²) in [6.45, 7) is 2.21. The second kappa shape index (κ2) is 10.5. The van der Waals surface area contributed by atoms with E-state index in [4.69, 9.17) is 32.5 Å². The molecule has 2 bridgehead atoms. The van der Waals surface area contributed by atoms with Gasteiger partial charge in [-0.3, -0.25) is 4.90 Å². The van der Waals surface area contributed by atoms with E-state index in [9.17, 15) is 9.50 Å². The van der Waals surface area contributed by atoms with E-state index in [1.807, 2.05) is 0 Å². The van der Waals surface area contributed by atoms with Gasteiger partial charge in [0.15, 0.2) is 11.6 Å². The number of terminal acetylenes is 1. The number of aromatic hydroxyl groups is 1. The van der Waals surface area contributed by atoms with Crippen LogP contribution in [0.3, 0.4) is 0 Å². The van der Waals surface area contributed by atoms with Crippen LogP contribution < -0.4 is 19.7 Å². The average Bonchev–Trinajstić information content (AvgIpc) is 3.68. The van der Waals surface area contributed by atoms with Crippen molar-refractivity contribution in [2.24, 2.45) is 0 Å². The van der Waals surface area contributed by atoms with E-state index >= 15 is 8.78 Å². The molecule has 4 saturated heterocycles. The Morgan fingerprint density at radius 1 is 1.19 bits per heavy atom. The van der Waals surface area contributed by atoms with Crippen molar-refractivity contribution >= 4 is 39.1 Å². The Morgan fingerprint density at radius 3 is 2.91 bits per heavy atom. The van der Waals surface area contributed by atoms with Crippen molar-refractivity contribution in [3.63, 3.8) is 0 Å². The van der Waals surface area contributed by atoms with E-state index < -0.39 is 23.3 Å². The van der Waals surface area contributed by atoms with Gasteiger partial charge < -0.3 is 24.8 Å². The predicted molar refractivity (Wildman–Crippen MR) is 172 cm³/mol. The largest absolute Gasteiger partial charge is 0.508 e. The molecule has 242 valence electrons. The first-order valence-corrected chi connectivity index (χ1v) is 16.4. The molecular weight excluding hydrogens is 631 g/mol. The zero-order valence-electron chi connectivity index (χ0n) is 25.3. The standard InChI is InChI=1S/C35H31ClF3N5O3/c1-2-21-23(38)6-4-17-10-20(45)11-22(26(17)21)27-29(36)32-28-31(30(27)39)41-34(47-16-35-8-3-9-43(35)13-18(37)12-35)42-33(28)44-14-19-5-7-24(40-19)25(44)15-46-32/h1,4,6,10-11,18-19,24-25,40,45H,3,5,7-9,12-16H2/t18-,19?,24?,25?,35+/m1/s1. The molecule has 3 aromatic carbocycles. The van der Waals surface area contributed by atoms with Crippen molar-refractivity contribution < 1.29 is 27.8 Å². The van der Waals surface area contributed by atoms with E-state index in [0.29, 0.717) is 36.1 Å². The van der Waals surface area contributed by atoms with Crippen LogP contribution in [0.15, 0.2) is 24.3 Å². The number of ether oxygens (including phenoxy) is 2. The van der Waals surface area contributed by atoms with Gasteiger partial charge in [-0.15, -0.1) is 6.42 Å². The Hall–Kier alpha value is -3.98. The number of anilines is 1. The first-order valence-electron chi connectivity index (χ1n) is 16.1. The second-order valence-corrected chi connectivity index (χ2v) is 13.9. The number of hydrogen-bond acceptors (Lipinski definition) is 8. The third kappa shape index (κ3) is 4.31. The van der Waals surface area contributed by atoms with E-state index in [1.54, 1.807) is 0 Å². The summed E-state index contributed by atoms with van der Waals surface area (Å²) in [5.74, 6) is 1.37. The van der Waals surface area contributed by atoms with Gasteiger partial charge in [0.25, 0.3) is 0 Å². The number of nitrogens with zero attached hydrogens (tertiary/aromatic N) is 4. The molecule has 47 heavy (non-hydrogen) atoms. The summed E-state index contributed by atoms with van der Waals surface area (Å²) in [6, 6.07) is 5.63. The van der Waals surface area contributed by atoms with E-state index in [0.717, 1.165) is 32.2 Å². The monoisotopic (exact) mass is 661 g/mol. The molecule has 5 atom stereocenters. The van der Waals surface area contributed by atoms with Crippen molar-refractivity contribution in [1.29, 1.82) is 0 Å². The molecule has 4 aromatic rings. The molecule has 8 nitrogen and oxygen atoms in total. The third-order valence-electron chi connectivity index (χ3n) is 10.9. The summed E-state index contributed by atoms with van der Waals surface area (Å²) in [7, 11) is 0. The predicted octanol–water partition coefficient (Wildman–Crippen LogP) is 5.73. The third-order valence-corrected chi connectivity index (χ3v) is 11.2. The first-order chi connectivity index (χ1) is 22.7. The zero-order valence-corrected chi connectivity index (χ0v) is 26.1. The first kappa shape index (κ1) is 29.2. The Morgan fingerprint density at radius 2 is 2.06 bits per heavy atom. The van der Waals surface area contributed by atoms with Gasteiger partial charge in [0.05, 0.1) is 27.6 Å². The minimum Gasteiger partial charge on any atom is -0.508 e. The number of halogens is 4. The highest BCUT2D eigenvalue weighted by Gasteiger charge is 2.50. The van der Waals surface area contributed by atoms with E-state index in [-0.39, 0.29) is 81.5 Å². The smallest absolute Gasteiger partial charge is 0.319 e. The van der Waals surface area contributed by atoms with Gasteiger partial charge in [0, 0.05) is 42.5 Å². The maximum atomic E-state index is 17.2. The van der Waals surface area contributed by atoms with Gasteiger partial charge in [0.1, 0.15) is 42.3 Å². The summed E-state index contributed by atoms with van der Waals surface area (Å²) in [5, 5.41) is 15.2. The number of fused-ring (bicyclic) bond motifs is 7. The molecule has 2 N–H and O–H groups in total. The molecule has 12 heteroatoms. The van der Waals surface area contributed by atoms with Crippen LogP contribution >= 0.6 is 11.6 Å². The highest BCUT2D eigenvalue weighted by Crippen LogP contribution is 2.51. The van der Waals surface area contributed by atoms with Gasteiger partial charge in [0.2, 0.25) is 0 Å². The molecule has 6 heterocycles. The van der Waals surface area contributed by atoms with Crippen molar-refractivity contribution in [1.82, 2.24) is 20.2 Å². The lowest BCUT2D eigenvalue weighted by Crippen LogP contribution is -2.60. The van der Waals surface area contributed by atoms with Gasteiger partial charge in [-0.25, -0.2) is 13.2 Å². The number of phenolic OH excluding ortho intramolecular Hbond substituents is 1. The van der Waals surface area contributed by atoms with E-state index in [1.165, 1.54) is 24.3 Å². The van der Waals surface area contributed by atoms with Gasteiger partial charge in [-0.1, -0.05) is 23.6 Å².